The van der Waals surface area contributed by atoms with Crippen LogP contribution in [-0.4, -0.2) is 6.61 Å². The first-order valence-corrected chi connectivity index (χ1v) is 4.56. The smallest absolute Gasteiger partial charge is 0.387 e. The monoisotopic (exact) mass is 200 g/mol. The fourth-order valence-electron chi connectivity index (χ4n) is 1.12. The summed E-state index contributed by atoms with van der Waals surface area (Å²) in [5.41, 5.74) is 0. The molecule has 1 nitrogen and oxygen atoms in total. The molecule has 0 N–H and O–H groups in total. The second kappa shape index (κ2) is 3.30. The predicted octanol–water partition coefficient (Wildman–Crippen LogP) is 3.50. The maximum atomic E-state index is 11.8. The van der Waals surface area contributed by atoms with E-state index in [0.29, 0.717) is 0 Å². The zero-order valence-electron chi connectivity index (χ0n) is 6.54. The van der Waals surface area contributed by atoms with Crippen molar-refractivity contribution in [2.45, 2.75) is 6.61 Å². The summed E-state index contributed by atoms with van der Waals surface area (Å²) in [6.45, 7) is -2.75. The standard InChI is InChI=1S/C9H6F2OS/c10-9(11)12-7-1-2-8-6(5-7)3-4-13-8/h1-5,9H. The van der Waals surface area contributed by atoms with Crippen molar-refractivity contribution in [3.05, 3.63) is 29.6 Å². The highest BCUT2D eigenvalue weighted by Crippen LogP contribution is 2.25. The summed E-state index contributed by atoms with van der Waals surface area (Å²) < 4.78 is 29.0. The number of ether oxygens (including phenoxy) is 1. The molecule has 4 heteroatoms. The Balaban J connectivity index is 2.37. The minimum atomic E-state index is -2.75. The lowest BCUT2D eigenvalue weighted by Crippen LogP contribution is -2.01. The van der Waals surface area contributed by atoms with Crippen molar-refractivity contribution in [3.63, 3.8) is 0 Å². The first-order valence-electron chi connectivity index (χ1n) is 3.68. The Kier molecular flexibility index (Phi) is 2.14. The molecule has 0 radical (unpaired) electrons. The SMILES string of the molecule is FC(F)Oc1ccc2sccc2c1. The van der Waals surface area contributed by atoms with Crippen LogP contribution in [0.3, 0.4) is 0 Å². The van der Waals surface area contributed by atoms with Crippen molar-refractivity contribution >= 4 is 21.4 Å². The lowest BCUT2D eigenvalue weighted by Gasteiger charge is -2.03. The van der Waals surface area contributed by atoms with Crippen LogP contribution in [0, 0.1) is 0 Å². The van der Waals surface area contributed by atoms with Gasteiger partial charge in [0, 0.05) is 4.70 Å². The molecular formula is C9H6F2OS. The van der Waals surface area contributed by atoms with Gasteiger partial charge in [0.05, 0.1) is 0 Å². The van der Waals surface area contributed by atoms with E-state index in [9.17, 15) is 8.78 Å². The Morgan fingerprint density at radius 1 is 1.23 bits per heavy atom. The van der Waals surface area contributed by atoms with Gasteiger partial charge in [-0.25, -0.2) is 0 Å². The minimum Gasteiger partial charge on any atom is -0.435 e. The van der Waals surface area contributed by atoms with Gasteiger partial charge in [-0.05, 0) is 35.0 Å². The van der Waals surface area contributed by atoms with Gasteiger partial charge in [0.1, 0.15) is 5.75 Å². The van der Waals surface area contributed by atoms with Gasteiger partial charge in [-0.15, -0.1) is 11.3 Å². The molecule has 0 aliphatic carbocycles. The molecule has 1 heterocycles. The van der Waals surface area contributed by atoms with E-state index >= 15 is 0 Å². The number of rotatable bonds is 2. The molecule has 0 spiro atoms. The fraction of sp³-hybridized carbons (Fsp3) is 0.111. The van der Waals surface area contributed by atoms with E-state index in [2.05, 4.69) is 4.74 Å². The molecule has 2 aromatic rings. The van der Waals surface area contributed by atoms with Gasteiger partial charge in [0.2, 0.25) is 0 Å². The second-order valence-electron chi connectivity index (χ2n) is 2.50. The van der Waals surface area contributed by atoms with Crippen molar-refractivity contribution < 1.29 is 13.5 Å². The maximum absolute atomic E-state index is 11.8. The van der Waals surface area contributed by atoms with E-state index in [1.165, 1.54) is 0 Å². The van der Waals surface area contributed by atoms with Gasteiger partial charge in [-0.1, -0.05) is 0 Å². The van der Waals surface area contributed by atoms with Crippen molar-refractivity contribution in [1.29, 1.82) is 0 Å². The Hall–Kier alpha value is -1.16. The third kappa shape index (κ3) is 1.78. The predicted molar refractivity (Wildman–Crippen MR) is 48.5 cm³/mol. The molecule has 2 rings (SSSR count). The zero-order chi connectivity index (χ0) is 9.26. The first-order chi connectivity index (χ1) is 6.25. The Bertz CT molecular complexity index is 411. The molecule has 0 aliphatic rings. The summed E-state index contributed by atoms with van der Waals surface area (Å²) in [4.78, 5) is 0. The van der Waals surface area contributed by atoms with Gasteiger partial charge >= 0.3 is 6.61 Å². The minimum absolute atomic E-state index is 0.209. The van der Waals surface area contributed by atoms with Crippen LogP contribution in [0.15, 0.2) is 29.6 Å². The molecule has 0 saturated carbocycles. The lowest BCUT2D eigenvalue weighted by atomic mass is 10.2. The van der Waals surface area contributed by atoms with E-state index in [4.69, 9.17) is 0 Å². The molecule has 68 valence electrons. The lowest BCUT2D eigenvalue weighted by molar-refractivity contribution is -0.0497. The van der Waals surface area contributed by atoms with Crippen molar-refractivity contribution in [2.75, 3.05) is 0 Å². The first kappa shape index (κ1) is 8.44. The number of alkyl halides is 2. The topological polar surface area (TPSA) is 9.23 Å². The molecule has 0 aliphatic heterocycles. The Labute approximate surface area is 77.6 Å². The molecule has 0 fully saturated rings. The van der Waals surface area contributed by atoms with Crippen LogP contribution >= 0.6 is 11.3 Å². The number of hydrogen-bond donors (Lipinski definition) is 0. The van der Waals surface area contributed by atoms with E-state index < -0.39 is 6.61 Å². The van der Waals surface area contributed by atoms with Crippen molar-refractivity contribution in [1.82, 2.24) is 0 Å². The average molecular weight is 200 g/mol. The summed E-state index contributed by atoms with van der Waals surface area (Å²) in [5.74, 6) is 0.209. The van der Waals surface area contributed by atoms with E-state index in [0.717, 1.165) is 10.1 Å². The van der Waals surface area contributed by atoms with E-state index in [-0.39, 0.29) is 5.75 Å². The van der Waals surface area contributed by atoms with Gasteiger partial charge in [0.25, 0.3) is 0 Å². The highest BCUT2D eigenvalue weighted by molar-refractivity contribution is 7.17. The molecule has 0 unspecified atom stereocenters. The molecule has 0 amide bonds. The summed E-state index contributed by atoms with van der Waals surface area (Å²) in [5, 5.41) is 2.85. The van der Waals surface area contributed by atoms with Crippen LogP contribution in [-0.2, 0) is 0 Å². The van der Waals surface area contributed by atoms with E-state index in [1.54, 1.807) is 29.5 Å². The summed E-state index contributed by atoms with van der Waals surface area (Å²) >= 11 is 1.57. The van der Waals surface area contributed by atoms with Crippen molar-refractivity contribution in [2.24, 2.45) is 0 Å². The highest BCUT2D eigenvalue weighted by Gasteiger charge is 2.04. The highest BCUT2D eigenvalue weighted by atomic mass is 32.1. The van der Waals surface area contributed by atoms with Gasteiger partial charge in [-0.2, -0.15) is 8.78 Å². The molecular weight excluding hydrogens is 194 g/mol. The van der Waals surface area contributed by atoms with Crippen LogP contribution in [0.25, 0.3) is 10.1 Å². The molecule has 1 aromatic heterocycles. The third-order valence-electron chi connectivity index (χ3n) is 1.65. The Morgan fingerprint density at radius 3 is 2.85 bits per heavy atom. The van der Waals surface area contributed by atoms with Crippen LogP contribution in [0.1, 0.15) is 0 Å². The van der Waals surface area contributed by atoms with Gasteiger partial charge in [0.15, 0.2) is 0 Å². The number of thiophene rings is 1. The normalized spacial score (nSPS) is 11.0. The van der Waals surface area contributed by atoms with Crippen LogP contribution in [0.2, 0.25) is 0 Å². The molecule has 0 saturated heterocycles. The summed E-state index contributed by atoms with van der Waals surface area (Å²) in [6, 6.07) is 6.80. The summed E-state index contributed by atoms with van der Waals surface area (Å²) in [6.07, 6.45) is 0. The number of benzene rings is 1. The largest absolute Gasteiger partial charge is 0.435 e. The van der Waals surface area contributed by atoms with Gasteiger partial charge < -0.3 is 4.74 Å². The number of fused-ring (bicyclic) bond motifs is 1. The van der Waals surface area contributed by atoms with Crippen LogP contribution in [0.5, 0.6) is 5.75 Å². The zero-order valence-corrected chi connectivity index (χ0v) is 7.35. The van der Waals surface area contributed by atoms with Crippen molar-refractivity contribution in [3.8, 4) is 5.75 Å². The Morgan fingerprint density at radius 2 is 2.08 bits per heavy atom. The molecule has 0 atom stereocenters. The van der Waals surface area contributed by atoms with Crippen LogP contribution < -0.4 is 4.74 Å². The maximum Gasteiger partial charge on any atom is 0.387 e. The summed E-state index contributed by atoms with van der Waals surface area (Å²) in [7, 11) is 0. The fourth-order valence-corrected chi connectivity index (χ4v) is 1.89. The second-order valence-corrected chi connectivity index (χ2v) is 3.45. The molecule has 0 bridgehead atoms. The quantitative estimate of drug-likeness (QED) is 0.720. The number of halogens is 2. The third-order valence-corrected chi connectivity index (χ3v) is 2.55. The van der Waals surface area contributed by atoms with Crippen LogP contribution in [0.4, 0.5) is 8.78 Å². The molecule has 1 aromatic carbocycles. The average Bonchev–Trinajstić information content (AvgIpc) is 2.49. The number of hydrogen-bond acceptors (Lipinski definition) is 2. The van der Waals surface area contributed by atoms with E-state index in [1.807, 2.05) is 11.4 Å². The molecule has 13 heavy (non-hydrogen) atoms. The van der Waals surface area contributed by atoms with Gasteiger partial charge in [-0.3, -0.25) is 0 Å².